The predicted molar refractivity (Wildman–Crippen MR) is 73.1 cm³/mol. The summed E-state index contributed by atoms with van der Waals surface area (Å²) in [5.74, 6) is -0.528. The highest BCUT2D eigenvalue weighted by Crippen LogP contribution is 2.49. The largest absolute Gasteiger partial charge is 0.359 e. The van der Waals surface area contributed by atoms with E-state index < -0.39 is 5.79 Å². The summed E-state index contributed by atoms with van der Waals surface area (Å²) in [5.41, 5.74) is -0.323. The molecule has 0 aromatic heterocycles. The number of allylic oxidation sites excluding steroid dienone is 1. The molecule has 2 atom stereocenters. The van der Waals surface area contributed by atoms with E-state index in [1.165, 1.54) is 7.11 Å². The molecule has 1 saturated carbocycles. The maximum absolute atomic E-state index is 12.3. The van der Waals surface area contributed by atoms with Crippen LogP contribution in [0.4, 0.5) is 0 Å². The van der Waals surface area contributed by atoms with E-state index in [4.69, 9.17) is 18.9 Å². The normalized spacial score (nSPS) is 32.4. The van der Waals surface area contributed by atoms with Gasteiger partial charge in [0.25, 0.3) is 0 Å². The third-order valence-corrected chi connectivity index (χ3v) is 4.37. The lowest BCUT2D eigenvalue weighted by Gasteiger charge is -2.46. The average molecular weight is 284 g/mol. The predicted octanol–water partition coefficient (Wildman–Crippen LogP) is 1.91. The lowest BCUT2D eigenvalue weighted by atomic mass is 9.64. The number of ketones is 1. The molecule has 1 saturated heterocycles. The molecule has 2 aliphatic rings. The molecule has 0 radical (unpaired) electrons. The van der Waals surface area contributed by atoms with Gasteiger partial charge in [-0.05, 0) is 6.42 Å². The Morgan fingerprint density at radius 1 is 1.45 bits per heavy atom. The summed E-state index contributed by atoms with van der Waals surface area (Å²) in [6.45, 7) is 7.43. The van der Waals surface area contributed by atoms with Crippen molar-refractivity contribution in [3.05, 3.63) is 12.7 Å². The van der Waals surface area contributed by atoms with Crippen molar-refractivity contribution < 1.29 is 23.7 Å². The number of ether oxygens (including phenoxy) is 4. The van der Waals surface area contributed by atoms with Crippen molar-refractivity contribution in [3.63, 3.8) is 0 Å². The Labute approximate surface area is 120 Å². The molecule has 114 valence electrons. The van der Waals surface area contributed by atoms with E-state index in [-0.39, 0.29) is 30.5 Å². The van der Waals surface area contributed by atoms with Gasteiger partial charge in [-0.3, -0.25) is 4.79 Å². The van der Waals surface area contributed by atoms with Crippen molar-refractivity contribution in [2.45, 2.75) is 32.0 Å². The van der Waals surface area contributed by atoms with Crippen LogP contribution in [0.25, 0.3) is 0 Å². The van der Waals surface area contributed by atoms with Crippen LogP contribution in [0.1, 0.15) is 26.2 Å². The van der Waals surface area contributed by atoms with Crippen LogP contribution in [0.5, 0.6) is 0 Å². The molecule has 1 spiro atoms. The molecule has 0 unspecified atom stereocenters. The third-order valence-electron chi connectivity index (χ3n) is 4.37. The lowest BCUT2D eigenvalue weighted by molar-refractivity contribution is -0.204. The van der Waals surface area contributed by atoms with E-state index in [0.717, 1.165) is 12.8 Å². The molecule has 20 heavy (non-hydrogen) atoms. The average Bonchev–Trinajstić information content (AvgIpc) is 2.87. The maximum Gasteiger partial charge on any atom is 0.169 e. The van der Waals surface area contributed by atoms with E-state index in [2.05, 4.69) is 6.58 Å². The molecule has 1 aliphatic heterocycles. The lowest BCUT2D eigenvalue weighted by Crippen LogP contribution is -2.48. The van der Waals surface area contributed by atoms with Gasteiger partial charge in [0, 0.05) is 31.3 Å². The maximum atomic E-state index is 12.3. The zero-order valence-electron chi connectivity index (χ0n) is 12.4. The number of carbonyl (C=O) groups excluding carboxylic acids is 1. The third kappa shape index (κ3) is 3.11. The van der Waals surface area contributed by atoms with E-state index >= 15 is 0 Å². The van der Waals surface area contributed by atoms with Crippen molar-refractivity contribution in [1.82, 2.24) is 0 Å². The second-order valence-corrected chi connectivity index (χ2v) is 5.81. The first-order chi connectivity index (χ1) is 9.55. The molecule has 2 rings (SSSR count). The smallest absolute Gasteiger partial charge is 0.169 e. The monoisotopic (exact) mass is 284 g/mol. The quantitative estimate of drug-likeness (QED) is 0.424. The van der Waals surface area contributed by atoms with Gasteiger partial charge in [-0.1, -0.05) is 13.0 Å². The van der Waals surface area contributed by atoms with Gasteiger partial charge in [0.2, 0.25) is 0 Å². The van der Waals surface area contributed by atoms with Crippen LogP contribution in [0.3, 0.4) is 0 Å². The van der Waals surface area contributed by atoms with E-state index in [1.807, 2.05) is 13.0 Å². The van der Waals surface area contributed by atoms with Crippen LogP contribution in [0.2, 0.25) is 0 Å². The number of hydrogen-bond donors (Lipinski definition) is 0. The van der Waals surface area contributed by atoms with Gasteiger partial charge in [0.05, 0.1) is 13.2 Å². The number of hydrogen-bond acceptors (Lipinski definition) is 5. The summed E-state index contributed by atoms with van der Waals surface area (Å²) in [5, 5.41) is 0. The van der Waals surface area contributed by atoms with Crippen molar-refractivity contribution in [1.29, 1.82) is 0 Å². The van der Waals surface area contributed by atoms with E-state index in [0.29, 0.717) is 19.6 Å². The number of rotatable bonds is 6. The number of Topliss-reactive ketones (excluding diaryl/α,β-unsaturated/α-hetero) is 1. The number of methoxy groups -OCH3 is 1. The second-order valence-electron chi connectivity index (χ2n) is 5.81. The zero-order chi connectivity index (χ0) is 14.6. The molecular weight excluding hydrogens is 260 g/mol. The molecule has 0 aromatic rings. The molecule has 0 bridgehead atoms. The van der Waals surface area contributed by atoms with Crippen LogP contribution >= 0.6 is 0 Å². The van der Waals surface area contributed by atoms with Crippen LogP contribution in [0, 0.1) is 11.3 Å². The standard InChI is InChI=1S/C15H24O5/c1-4-14(2)10-15(19-7-8-20-15)6-5-12(14)13(16)9-18-11-17-3/h4,12H,1,5-11H2,2-3H3/t12-,14+/m0/s1. The van der Waals surface area contributed by atoms with Gasteiger partial charge >= 0.3 is 0 Å². The van der Waals surface area contributed by atoms with Gasteiger partial charge in [0.15, 0.2) is 11.6 Å². The first-order valence-electron chi connectivity index (χ1n) is 7.06. The van der Waals surface area contributed by atoms with Crippen LogP contribution in [-0.2, 0) is 23.7 Å². The first kappa shape index (κ1) is 15.6. The Morgan fingerprint density at radius 2 is 2.15 bits per heavy atom. The Kier molecular flexibility index (Phi) is 4.96. The van der Waals surface area contributed by atoms with E-state index in [1.54, 1.807) is 0 Å². The minimum atomic E-state index is -0.521. The second kappa shape index (κ2) is 6.35. The van der Waals surface area contributed by atoms with Gasteiger partial charge in [0.1, 0.15) is 13.4 Å². The molecule has 0 amide bonds. The molecule has 2 fully saturated rings. The first-order valence-corrected chi connectivity index (χ1v) is 7.06. The number of carbonyl (C=O) groups is 1. The summed E-state index contributed by atoms with van der Waals surface area (Å²) < 4.78 is 21.5. The Morgan fingerprint density at radius 3 is 2.75 bits per heavy atom. The molecule has 1 heterocycles. The van der Waals surface area contributed by atoms with Crippen LogP contribution < -0.4 is 0 Å². The highest BCUT2D eigenvalue weighted by molar-refractivity contribution is 5.83. The van der Waals surface area contributed by atoms with Crippen LogP contribution in [0.15, 0.2) is 12.7 Å². The van der Waals surface area contributed by atoms with Crippen LogP contribution in [-0.4, -0.2) is 45.3 Å². The summed E-state index contributed by atoms with van der Waals surface area (Å²) in [6, 6.07) is 0. The fourth-order valence-electron chi connectivity index (χ4n) is 3.30. The SMILES string of the molecule is C=C[C@]1(C)CC2(CC[C@H]1C(=O)COCOC)OCCO2. The summed E-state index contributed by atoms with van der Waals surface area (Å²) in [7, 11) is 1.54. The fraction of sp³-hybridized carbons (Fsp3) is 0.800. The van der Waals surface area contributed by atoms with Gasteiger partial charge < -0.3 is 18.9 Å². The van der Waals surface area contributed by atoms with Crippen molar-refractivity contribution >= 4 is 5.78 Å². The summed E-state index contributed by atoms with van der Waals surface area (Å²) in [6.07, 6.45) is 4.01. The molecule has 0 aromatic carbocycles. The molecule has 1 aliphatic carbocycles. The van der Waals surface area contributed by atoms with E-state index in [9.17, 15) is 4.79 Å². The minimum absolute atomic E-state index is 0.0800. The Hall–Kier alpha value is -0.750. The molecule has 5 heteroatoms. The summed E-state index contributed by atoms with van der Waals surface area (Å²) in [4.78, 5) is 12.3. The van der Waals surface area contributed by atoms with Crippen molar-refractivity contribution in [2.24, 2.45) is 11.3 Å². The Bertz CT molecular complexity index is 361. The van der Waals surface area contributed by atoms with Crippen molar-refractivity contribution in [3.8, 4) is 0 Å². The van der Waals surface area contributed by atoms with Crippen molar-refractivity contribution in [2.75, 3.05) is 33.7 Å². The minimum Gasteiger partial charge on any atom is -0.359 e. The highest BCUT2D eigenvalue weighted by Gasteiger charge is 2.51. The molecule has 5 nitrogen and oxygen atoms in total. The van der Waals surface area contributed by atoms with Gasteiger partial charge in [-0.15, -0.1) is 6.58 Å². The molecule has 0 N–H and O–H groups in total. The zero-order valence-corrected chi connectivity index (χ0v) is 12.4. The topological polar surface area (TPSA) is 54.0 Å². The van der Waals surface area contributed by atoms with Gasteiger partial charge in [-0.25, -0.2) is 0 Å². The van der Waals surface area contributed by atoms with Gasteiger partial charge in [-0.2, -0.15) is 0 Å². The fourth-order valence-corrected chi connectivity index (χ4v) is 3.30. The Balaban J connectivity index is 2.02. The summed E-state index contributed by atoms with van der Waals surface area (Å²) >= 11 is 0. The highest BCUT2D eigenvalue weighted by atomic mass is 16.7. The molecular formula is C15H24O5.